The number of anilines is 1. The Morgan fingerprint density at radius 1 is 1.50 bits per heavy atom. The molecule has 0 saturated heterocycles. The van der Waals surface area contributed by atoms with Crippen LogP contribution in [-0.2, 0) is 6.42 Å². The molecule has 0 aliphatic heterocycles. The fraction of sp³-hybridized carbons (Fsp3) is 0.200. The van der Waals surface area contributed by atoms with Gasteiger partial charge in [-0.05, 0) is 18.6 Å². The van der Waals surface area contributed by atoms with Gasteiger partial charge in [-0.2, -0.15) is 0 Å². The zero-order valence-corrected chi connectivity index (χ0v) is 9.37. The van der Waals surface area contributed by atoms with Gasteiger partial charge in [0.25, 0.3) is 0 Å². The molecule has 16 heavy (non-hydrogen) atoms. The van der Waals surface area contributed by atoms with E-state index in [9.17, 15) is 4.39 Å². The quantitative estimate of drug-likeness (QED) is 0.876. The van der Waals surface area contributed by atoms with E-state index in [0.29, 0.717) is 17.9 Å². The zero-order chi connectivity index (χ0) is 11.7. The van der Waals surface area contributed by atoms with Gasteiger partial charge in [-0.25, -0.2) is 9.07 Å². The van der Waals surface area contributed by atoms with Gasteiger partial charge in [0.05, 0.1) is 10.7 Å². The summed E-state index contributed by atoms with van der Waals surface area (Å²) in [6.45, 7) is 1.90. The monoisotopic (exact) mass is 240 g/mol. The van der Waals surface area contributed by atoms with Crippen LogP contribution in [0.15, 0.2) is 18.2 Å². The van der Waals surface area contributed by atoms with Crippen molar-refractivity contribution in [1.82, 2.24) is 15.0 Å². The van der Waals surface area contributed by atoms with E-state index >= 15 is 0 Å². The van der Waals surface area contributed by atoms with E-state index in [-0.39, 0.29) is 10.7 Å². The van der Waals surface area contributed by atoms with Crippen molar-refractivity contribution in [3.05, 3.63) is 34.7 Å². The molecular weight excluding hydrogens is 231 g/mol. The van der Waals surface area contributed by atoms with Crippen LogP contribution in [0.3, 0.4) is 0 Å². The molecule has 1 aromatic carbocycles. The number of rotatable bonds is 2. The average molecular weight is 241 g/mol. The van der Waals surface area contributed by atoms with Gasteiger partial charge in [0.2, 0.25) is 0 Å². The molecule has 0 saturated carbocycles. The van der Waals surface area contributed by atoms with Crippen LogP contribution in [0.5, 0.6) is 0 Å². The number of nitrogens with two attached hydrogens (primary N) is 1. The molecule has 6 heteroatoms. The van der Waals surface area contributed by atoms with Gasteiger partial charge in [0.1, 0.15) is 5.69 Å². The van der Waals surface area contributed by atoms with Crippen molar-refractivity contribution in [1.29, 1.82) is 0 Å². The van der Waals surface area contributed by atoms with Gasteiger partial charge in [-0.15, -0.1) is 5.10 Å². The normalized spacial score (nSPS) is 10.7. The van der Waals surface area contributed by atoms with E-state index in [1.807, 2.05) is 6.92 Å². The second kappa shape index (κ2) is 4.09. The fourth-order valence-corrected chi connectivity index (χ4v) is 1.66. The second-order valence-electron chi connectivity index (χ2n) is 3.26. The Kier molecular flexibility index (Phi) is 2.78. The third-order valence-electron chi connectivity index (χ3n) is 2.29. The van der Waals surface area contributed by atoms with Crippen LogP contribution in [0.1, 0.15) is 12.6 Å². The Labute approximate surface area is 96.8 Å². The van der Waals surface area contributed by atoms with Crippen LogP contribution in [0, 0.1) is 5.82 Å². The van der Waals surface area contributed by atoms with Crippen molar-refractivity contribution in [3.8, 4) is 5.69 Å². The molecule has 0 bridgehead atoms. The first kappa shape index (κ1) is 10.9. The lowest BCUT2D eigenvalue weighted by atomic mass is 10.2. The fourth-order valence-electron chi connectivity index (χ4n) is 1.49. The molecule has 0 amide bonds. The topological polar surface area (TPSA) is 56.7 Å². The van der Waals surface area contributed by atoms with Gasteiger partial charge in [-0.3, -0.25) is 0 Å². The lowest BCUT2D eigenvalue weighted by Crippen LogP contribution is -2.05. The highest BCUT2D eigenvalue weighted by Crippen LogP contribution is 2.23. The second-order valence-corrected chi connectivity index (χ2v) is 3.67. The van der Waals surface area contributed by atoms with Crippen molar-refractivity contribution in [2.75, 3.05) is 5.73 Å². The predicted octanol–water partition coefficient (Wildman–Crippen LogP) is 2.20. The highest BCUT2D eigenvalue weighted by molar-refractivity contribution is 6.30. The molecule has 0 fully saturated rings. The summed E-state index contributed by atoms with van der Waals surface area (Å²) in [6, 6.07) is 4.71. The number of nitrogen functional groups attached to an aromatic ring is 1. The van der Waals surface area contributed by atoms with E-state index in [1.54, 1.807) is 12.1 Å². The Morgan fingerprint density at radius 3 is 2.94 bits per heavy atom. The van der Waals surface area contributed by atoms with Crippen LogP contribution in [0.25, 0.3) is 5.69 Å². The Balaban J connectivity index is 2.63. The maximum Gasteiger partial charge on any atom is 0.169 e. The summed E-state index contributed by atoms with van der Waals surface area (Å²) in [5.41, 5.74) is 6.55. The van der Waals surface area contributed by atoms with E-state index in [2.05, 4.69) is 10.3 Å². The highest BCUT2D eigenvalue weighted by Gasteiger charge is 2.14. The molecule has 0 aliphatic carbocycles. The molecule has 0 aliphatic rings. The molecule has 0 atom stereocenters. The van der Waals surface area contributed by atoms with Crippen molar-refractivity contribution in [2.24, 2.45) is 0 Å². The van der Waals surface area contributed by atoms with Crippen molar-refractivity contribution in [2.45, 2.75) is 13.3 Å². The Bertz CT molecular complexity index is 524. The molecule has 2 rings (SSSR count). The number of halogens is 2. The summed E-state index contributed by atoms with van der Waals surface area (Å²) in [4.78, 5) is 0. The molecule has 0 radical (unpaired) electrons. The Hall–Kier alpha value is -1.62. The van der Waals surface area contributed by atoms with Crippen LogP contribution in [0.4, 0.5) is 10.2 Å². The van der Waals surface area contributed by atoms with Crippen molar-refractivity contribution in [3.63, 3.8) is 0 Å². The minimum Gasteiger partial charge on any atom is -0.381 e. The van der Waals surface area contributed by atoms with Gasteiger partial charge >= 0.3 is 0 Å². The summed E-state index contributed by atoms with van der Waals surface area (Å²) in [6.07, 6.45) is 0.616. The third kappa shape index (κ3) is 1.63. The molecule has 4 nitrogen and oxygen atoms in total. The van der Waals surface area contributed by atoms with E-state index in [4.69, 9.17) is 17.3 Å². The molecule has 2 N–H and O–H groups in total. The molecular formula is C10H10ClFN4. The minimum absolute atomic E-state index is 0.0497. The molecule has 1 aromatic heterocycles. The van der Waals surface area contributed by atoms with Crippen LogP contribution in [-0.4, -0.2) is 15.0 Å². The van der Waals surface area contributed by atoms with E-state index in [1.165, 1.54) is 10.7 Å². The molecule has 0 unspecified atom stereocenters. The van der Waals surface area contributed by atoms with Crippen LogP contribution >= 0.6 is 11.6 Å². The molecule has 1 heterocycles. The number of benzene rings is 1. The van der Waals surface area contributed by atoms with Crippen molar-refractivity contribution >= 4 is 17.4 Å². The largest absolute Gasteiger partial charge is 0.381 e. The molecule has 2 aromatic rings. The standard InChI is InChI=1S/C10H10ClFN4/c1-2-7-10(13)14-15-16(7)8-5-3-4-6(11)9(8)12/h3-5H,2,13H2,1H3. The first-order chi connectivity index (χ1) is 7.65. The van der Waals surface area contributed by atoms with Gasteiger partial charge in [0, 0.05) is 0 Å². The summed E-state index contributed by atoms with van der Waals surface area (Å²) >= 11 is 5.70. The van der Waals surface area contributed by atoms with Crippen LogP contribution in [0.2, 0.25) is 5.02 Å². The summed E-state index contributed by atoms with van der Waals surface area (Å²) < 4.78 is 15.1. The van der Waals surface area contributed by atoms with E-state index in [0.717, 1.165) is 0 Å². The summed E-state index contributed by atoms with van der Waals surface area (Å²) in [5, 5.41) is 7.57. The van der Waals surface area contributed by atoms with E-state index < -0.39 is 5.82 Å². The number of nitrogens with zero attached hydrogens (tertiary/aromatic N) is 3. The Morgan fingerprint density at radius 2 is 2.25 bits per heavy atom. The lowest BCUT2D eigenvalue weighted by molar-refractivity contribution is 0.603. The van der Waals surface area contributed by atoms with Crippen molar-refractivity contribution < 1.29 is 4.39 Å². The smallest absolute Gasteiger partial charge is 0.169 e. The number of hydrogen-bond donors (Lipinski definition) is 1. The zero-order valence-electron chi connectivity index (χ0n) is 8.61. The molecule has 84 valence electrons. The maximum atomic E-state index is 13.8. The number of hydrogen-bond acceptors (Lipinski definition) is 3. The molecule has 0 spiro atoms. The minimum atomic E-state index is -0.524. The number of aromatic nitrogens is 3. The van der Waals surface area contributed by atoms with Gasteiger partial charge < -0.3 is 5.73 Å². The highest BCUT2D eigenvalue weighted by atomic mass is 35.5. The summed E-state index contributed by atoms with van der Waals surface area (Å²) in [7, 11) is 0. The average Bonchev–Trinajstić information content (AvgIpc) is 2.63. The van der Waals surface area contributed by atoms with Gasteiger partial charge in [-0.1, -0.05) is 29.8 Å². The predicted molar refractivity (Wildman–Crippen MR) is 60.1 cm³/mol. The van der Waals surface area contributed by atoms with Crippen LogP contribution < -0.4 is 5.73 Å². The third-order valence-corrected chi connectivity index (χ3v) is 2.58. The summed E-state index contributed by atoms with van der Waals surface area (Å²) in [5.74, 6) is -0.217. The lowest BCUT2D eigenvalue weighted by Gasteiger charge is -2.06. The first-order valence-corrected chi connectivity index (χ1v) is 5.17. The first-order valence-electron chi connectivity index (χ1n) is 4.79. The van der Waals surface area contributed by atoms with Gasteiger partial charge in [0.15, 0.2) is 11.6 Å². The SMILES string of the molecule is CCc1c(N)nnn1-c1cccc(Cl)c1F. The maximum absolute atomic E-state index is 13.8.